The molecule has 0 aliphatic carbocycles. The molecule has 0 radical (unpaired) electrons. The van der Waals surface area contributed by atoms with Crippen LogP contribution >= 0.6 is 11.6 Å². The lowest BCUT2D eigenvalue weighted by atomic mass is 10.1. The summed E-state index contributed by atoms with van der Waals surface area (Å²) in [6.45, 7) is -0.969. The molecule has 7 heteroatoms. The Bertz CT molecular complexity index is 415. The lowest BCUT2D eigenvalue weighted by Gasteiger charge is -2.26. The third kappa shape index (κ3) is 6.56. The number of hydrogen-bond acceptors (Lipinski definition) is 3. The van der Waals surface area contributed by atoms with Gasteiger partial charge in [0.25, 0.3) is 0 Å². The van der Waals surface area contributed by atoms with Crippen LogP contribution in [0.1, 0.15) is 11.7 Å². The number of methoxy groups -OCH3 is 1. The molecule has 0 aromatic heterocycles. The van der Waals surface area contributed by atoms with Crippen LogP contribution in [0.25, 0.3) is 0 Å². The van der Waals surface area contributed by atoms with Crippen molar-refractivity contribution in [3.63, 3.8) is 0 Å². The zero-order valence-corrected chi connectivity index (χ0v) is 11.8. The molecular formula is C13H17ClF3NO2. The molecule has 0 amide bonds. The Morgan fingerprint density at radius 2 is 2.10 bits per heavy atom. The van der Waals surface area contributed by atoms with Gasteiger partial charge in [-0.25, -0.2) is 0 Å². The molecule has 3 nitrogen and oxygen atoms in total. The van der Waals surface area contributed by atoms with Gasteiger partial charge in [-0.1, -0.05) is 23.7 Å². The summed E-state index contributed by atoms with van der Waals surface area (Å²) < 4.78 is 42.2. The van der Waals surface area contributed by atoms with E-state index in [9.17, 15) is 18.3 Å². The summed E-state index contributed by atoms with van der Waals surface area (Å²) in [5.74, 6) is 0. The van der Waals surface area contributed by atoms with Crippen molar-refractivity contribution in [2.75, 3.05) is 33.4 Å². The van der Waals surface area contributed by atoms with Crippen LogP contribution in [0.5, 0.6) is 0 Å². The van der Waals surface area contributed by atoms with E-state index in [1.807, 2.05) is 0 Å². The molecule has 0 aliphatic rings. The second-order valence-electron chi connectivity index (χ2n) is 4.41. The third-order valence-electron chi connectivity index (χ3n) is 2.68. The fourth-order valence-corrected chi connectivity index (χ4v) is 1.97. The van der Waals surface area contributed by atoms with Crippen molar-refractivity contribution in [3.8, 4) is 0 Å². The fourth-order valence-electron chi connectivity index (χ4n) is 1.77. The van der Waals surface area contributed by atoms with Gasteiger partial charge in [0.1, 0.15) is 0 Å². The van der Waals surface area contributed by atoms with Crippen LogP contribution in [0.3, 0.4) is 0 Å². The van der Waals surface area contributed by atoms with Crippen LogP contribution in [0.15, 0.2) is 24.3 Å². The molecule has 0 saturated carbocycles. The molecule has 1 unspecified atom stereocenters. The summed E-state index contributed by atoms with van der Waals surface area (Å²) in [6.07, 6.45) is -5.35. The molecule has 0 heterocycles. The second kappa shape index (κ2) is 7.83. The number of alkyl halides is 3. The van der Waals surface area contributed by atoms with Gasteiger partial charge in [-0.2, -0.15) is 13.2 Å². The van der Waals surface area contributed by atoms with E-state index in [1.54, 1.807) is 18.2 Å². The quantitative estimate of drug-likeness (QED) is 0.840. The van der Waals surface area contributed by atoms with Gasteiger partial charge < -0.3 is 9.84 Å². The Morgan fingerprint density at radius 3 is 2.65 bits per heavy atom. The molecule has 0 spiro atoms. The minimum absolute atomic E-state index is 0.0909. The highest BCUT2D eigenvalue weighted by atomic mass is 35.5. The Kier molecular flexibility index (Phi) is 6.75. The van der Waals surface area contributed by atoms with Crippen LogP contribution in [0.4, 0.5) is 13.2 Å². The number of benzene rings is 1. The molecule has 0 aliphatic heterocycles. The van der Waals surface area contributed by atoms with Gasteiger partial charge in [-0.3, -0.25) is 4.90 Å². The highest BCUT2D eigenvalue weighted by molar-refractivity contribution is 6.30. The van der Waals surface area contributed by atoms with Crippen molar-refractivity contribution in [1.82, 2.24) is 4.90 Å². The zero-order valence-electron chi connectivity index (χ0n) is 11.0. The van der Waals surface area contributed by atoms with E-state index < -0.39 is 18.8 Å². The predicted octanol–water partition coefficient (Wildman–Crippen LogP) is 2.88. The SMILES string of the molecule is COCCN(CC(O)c1cccc(Cl)c1)CC(F)(F)F. The fraction of sp³-hybridized carbons (Fsp3) is 0.538. The van der Waals surface area contributed by atoms with Crippen LogP contribution in [0, 0.1) is 0 Å². The topological polar surface area (TPSA) is 32.7 Å². The van der Waals surface area contributed by atoms with E-state index in [0.29, 0.717) is 10.6 Å². The van der Waals surface area contributed by atoms with Crippen molar-refractivity contribution in [3.05, 3.63) is 34.9 Å². The molecule has 1 atom stereocenters. The Balaban J connectivity index is 2.67. The number of aliphatic hydroxyl groups is 1. The monoisotopic (exact) mass is 311 g/mol. The average molecular weight is 312 g/mol. The van der Waals surface area contributed by atoms with E-state index in [2.05, 4.69) is 0 Å². The largest absolute Gasteiger partial charge is 0.401 e. The van der Waals surface area contributed by atoms with Crippen LogP contribution in [0.2, 0.25) is 5.02 Å². The Hall–Kier alpha value is -0.820. The van der Waals surface area contributed by atoms with Crippen molar-refractivity contribution in [2.24, 2.45) is 0 Å². The highest BCUT2D eigenvalue weighted by Gasteiger charge is 2.31. The molecule has 0 bridgehead atoms. The van der Waals surface area contributed by atoms with Crippen molar-refractivity contribution in [1.29, 1.82) is 0 Å². The molecule has 1 N–H and O–H groups in total. The maximum atomic E-state index is 12.5. The zero-order chi connectivity index (χ0) is 15.2. The minimum atomic E-state index is -4.32. The summed E-state index contributed by atoms with van der Waals surface area (Å²) in [5, 5.41) is 10.4. The number of halogens is 4. The molecule has 0 fully saturated rings. The van der Waals surface area contributed by atoms with E-state index >= 15 is 0 Å². The van der Waals surface area contributed by atoms with Gasteiger partial charge in [-0.15, -0.1) is 0 Å². The molecule has 1 rings (SSSR count). The van der Waals surface area contributed by atoms with Gasteiger partial charge >= 0.3 is 6.18 Å². The Labute approximate surface area is 120 Å². The molecule has 1 aromatic carbocycles. The highest BCUT2D eigenvalue weighted by Crippen LogP contribution is 2.21. The minimum Gasteiger partial charge on any atom is -0.387 e. The Morgan fingerprint density at radius 1 is 1.40 bits per heavy atom. The summed E-state index contributed by atoms with van der Waals surface area (Å²) >= 11 is 5.79. The smallest absolute Gasteiger partial charge is 0.387 e. The van der Waals surface area contributed by atoms with Crippen molar-refractivity contribution < 1.29 is 23.0 Å². The lowest BCUT2D eigenvalue weighted by Crippen LogP contribution is -2.39. The van der Waals surface area contributed by atoms with Gasteiger partial charge in [0.05, 0.1) is 19.3 Å². The van der Waals surface area contributed by atoms with Crippen molar-refractivity contribution >= 4 is 11.6 Å². The maximum Gasteiger partial charge on any atom is 0.401 e. The van der Waals surface area contributed by atoms with Crippen LogP contribution in [-0.4, -0.2) is 49.5 Å². The standard InChI is InChI=1S/C13H17ClF3NO2/c1-20-6-5-18(9-13(15,16)17)8-12(19)10-3-2-4-11(14)7-10/h2-4,7,12,19H,5-6,8-9H2,1H3. The van der Waals surface area contributed by atoms with Crippen LogP contribution in [-0.2, 0) is 4.74 Å². The third-order valence-corrected chi connectivity index (χ3v) is 2.91. The van der Waals surface area contributed by atoms with Gasteiger partial charge in [0.2, 0.25) is 0 Å². The molecule has 1 aromatic rings. The first kappa shape index (κ1) is 17.2. The van der Waals surface area contributed by atoms with Gasteiger partial charge in [0.15, 0.2) is 0 Å². The number of nitrogens with zero attached hydrogens (tertiary/aromatic N) is 1. The average Bonchev–Trinajstić information content (AvgIpc) is 2.34. The summed E-state index contributed by atoms with van der Waals surface area (Å²) in [4.78, 5) is 1.11. The first-order chi connectivity index (χ1) is 9.31. The first-order valence-corrected chi connectivity index (χ1v) is 6.41. The summed E-state index contributed by atoms with van der Waals surface area (Å²) in [7, 11) is 1.42. The maximum absolute atomic E-state index is 12.5. The van der Waals surface area contributed by atoms with Gasteiger partial charge in [0, 0.05) is 25.2 Å². The van der Waals surface area contributed by atoms with Crippen LogP contribution < -0.4 is 0 Å². The van der Waals surface area contributed by atoms with E-state index in [0.717, 1.165) is 4.90 Å². The normalized spacial score (nSPS) is 13.8. The number of ether oxygens (including phenoxy) is 1. The van der Waals surface area contributed by atoms with Crippen molar-refractivity contribution in [2.45, 2.75) is 12.3 Å². The predicted molar refractivity (Wildman–Crippen MR) is 70.8 cm³/mol. The molecule has 114 valence electrons. The van der Waals surface area contributed by atoms with E-state index in [1.165, 1.54) is 13.2 Å². The number of hydrogen-bond donors (Lipinski definition) is 1. The summed E-state index contributed by atoms with van der Waals surface area (Å²) in [6, 6.07) is 6.44. The molecular weight excluding hydrogens is 295 g/mol. The number of rotatable bonds is 7. The first-order valence-electron chi connectivity index (χ1n) is 6.03. The molecule has 20 heavy (non-hydrogen) atoms. The molecule has 0 saturated heterocycles. The second-order valence-corrected chi connectivity index (χ2v) is 4.85. The van der Waals surface area contributed by atoms with E-state index in [4.69, 9.17) is 16.3 Å². The summed E-state index contributed by atoms with van der Waals surface area (Å²) in [5.41, 5.74) is 0.488. The number of aliphatic hydroxyl groups excluding tert-OH is 1. The van der Waals surface area contributed by atoms with E-state index in [-0.39, 0.29) is 19.7 Å². The van der Waals surface area contributed by atoms with Gasteiger partial charge in [-0.05, 0) is 17.7 Å². The lowest BCUT2D eigenvalue weighted by molar-refractivity contribution is -0.149.